The molecule has 1 aromatic heterocycles. The van der Waals surface area contributed by atoms with Gasteiger partial charge in [0, 0.05) is 0 Å². The smallest absolute Gasteiger partial charge is 0.243 e. The van der Waals surface area contributed by atoms with E-state index in [0.717, 1.165) is 25.9 Å². The number of nitrogens with one attached hydrogen (secondary N) is 1. The van der Waals surface area contributed by atoms with Crippen molar-refractivity contribution in [3.63, 3.8) is 0 Å². The first-order valence-electron chi connectivity index (χ1n) is 7.73. The quantitative estimate of drug-likeness (QED) is 0.899. The third-order valence-corrected chi connectivity index (χ3v) is 5.00. The van der Waals surface area contributed by atoms with Gasteiger partial charge in [0.2, 0.25) is 11.0 Å². The minimum absolute atomic E-state index is 0.0439. The highest BCUT2D eigenvalue weighted by Crippen LogP contribution is 2.30. The minimum atomic E-state index is -0.191. The molecule has 2 N–H and O–H groups in total. The number of hydrogen-bond acceptors (Lipinski definition) is 6. The Morgan fingerprint density at radius 3 is 2.87 bits per heavy atom. The molecular formula is C16H20N4O2S. The van der Waals surface area contributed by atoms with Crippen LogP contribution >= 0.6 is 11.3 Å². The van der Waals surface area contributed by atoms with Crippen molar-refractivity contribution in [2.45, 2.75) is 31.7 Å². The second-order valence-corrected chi connectivity index (χ2v) is 6.65. The van der Waals surface area contributed by atoms with Gasteiger partial charge in [-0.1, -0.05) is 23.5 Å². The molecule has 6 nitrogen and oxygen atoms in total. The number of hydrogen-bond donors (Lipinski definition) is 2. The maximum atomic E-state index is 12.3. The van der Waals surface area contributed by atoms with Gasteiger partial charge in [0.05, 0.1) is 6.04 Å². The second kappa shape index (κ2) is 7.06. The highest BCUT2D eigenvalue weighted by Gasteiger charge is 2.27. The van der Waals surface area contributed by atoms with Crippen LogP contribution in [0.25, 0.3) is 0 Å². The molecule has 0 aliphatic carbocycles. The van der Waals surface area contributed by atoms with Gasteiger partial charge in [-0.25, -0.2) is 0 Å². The number of aromatic hydroxyl groups is 1. The standard InChI is InChI=1S/C16H20N4O2S/c1-11(15(22)18-16-19-17-10-23-16)20-7-5-12(6-8-20)13-3-2-4-14(21)9-13/h2-4,9-12,21H,5-8H2,1H3,(H,18,19,22). The number of aromatic nitrogens is 2. The molecular weight excluding hydrogens is 312 g/mol. The predicted molar refractivity (Wildman–Crippen MR) is 89.7 cm³/mol. The number of nitrogens with zero attached hydrogens (tertiary/aromatic N) is 3. The lowest BCUT2D eigenvalue weighted by atomic mass is 9.89. The van der Waals surface area contributed by atoms with Crippen LogP contribution < -0.4 is 5.32 Å². The van der Waals surface area contributed by atoms with Crippen LogP contribution in [0.1, 0.15) is 31.2 Å². The SMILES string of the molecule is CC(C(=O)Nc1nncs1)N1CCC(c2cccc(O)c2)CC1. The summed E-state index contributed by atoms with van der Waals surface area (Å²) in [7, 11) is 0. The fourth-order valence-electron chi connectivity index (χ4n) is 3.00. The van der Waals surface area contributed by atoms with Gasteiger partial charge in [-0.3, -0.25) is 15.0 Å². The summed E-state index contributed by atoms with van der Waals surface area (Å²) < 4.78 is 0. The van der Waals surface area contributed by atoms with E-state index in [9.17, 15) is 9.90 Å². The molecule has 23 heavy (non-hydrogen) atoms. The summed E-state index contributed by atoms with van der Waals surface area (Å²) in [4.78, 5) is 14.4. The number of rotatable bonds is 4. The maximum Gasteiger partial charge on any atom is 0.243 e. The van der Waals surface area contributed by atoms with Gasteiger partial charge in [-0.2, -0.15) is 0 Å². The van der Waals surface area contributed by atoms with Gasteiger partial charge in [-0.05, 0) is 56.5 Å². The Hall–Kier alpha value is -1.99. The lowest BCUT2D eigenvalue weighted by Crippen LogP contribution is -2.45. The van der Waals surface area contributed by atoms with Crippen molar-refractivity contribution in [2.24, 2.45) is 0 Å². The van der Waals surface area contributed by atoms with Crippen molar-refractivity contribution in [2.75, 3.05) is 18.4 Å². The number of anilines is 1. The Morgan fingerprint density at radius 2 is 2.22 bits per heavy atom. The van der Waals surface area contributed by atoms with E-state index < -0.39 is 0 Å². The highest BCUT2D eigenvalue weighted by molar-refractivity contribution is 7.13. The average molecular weight is 332 g/mol. The third kappa shape index (κ3) is 3.86. The summed E-state index contributed by atoms with van der Waals surface area (Å²) in [6.07, 6.45) is 1.97. The van der Waals surface area contributed by atoms with Gasteiger partial charge >= 0.3 is 0 Å². The van der Waals surface area contributed by atoms with Gasteiger partial charge in [0.15, 0.2) is 0 Å². The van der Waals surface area contributed by atoms with E-state index in [2.05, 4.69) is 26.5 Å². The van der Waals surface area contributed by atoms with E-state index in [-0.39, 0.29) is 11.9 Å². The largest absolute Gasteiger partial charge is 0.508 e. The number of phenols is 1. The summed E-state index contributed by atoms with van der Waals surface area (Å²) in [6.45, 7) is 3.65. The lowest BCUT2D eigenvalue weighted by molar-refractivity contribution is -0.121. The molecule has 0 spiro atoms. The number of carbonyl (C=O) groups is 1. The molecule has 122 valence electrons. The Balaban J connectivity index is 1.54. The Labute approximate surface area is 139 Å². The molecule has 1 unspecified atom stereocenters. The third-order valence-electron chi connectivity index (χ3n) is 4.39. The predicted octanol–water partition coefficient (Wildman–Crippen LogP) is 2.45. The Morgan fingerprint density at radius 1 is 1.43 bits per heavy atom. The maximum absolute atomic E-state index is 12.3. The molecule has 1 amide bonds. The highest BCUT2D eigenvalue weighted by atomic mass is 32.1. The fourth-order valence-corrected chi connectivity index (χ4v) is 3.45. The molecule has 1 atom stereocenters. The molecule has 1 aliphatic heterocycles. The number of likely N-dealkylation sites (tertiary alicyclic amines) is 1. The average Bonchev–Trinajstić information content (AvgIpc) is 3.07. The van der Waals surface area contributed by atoms with Gasteiger partial charge in [0.1, 0.15) is 11.3 Å². The normalized spacial score (nSPS) is 17.8. The summed E-state index contributed by atoms with van der Waals surface area (Å²) in [5.41, 5.74) is 2.77. The zero-order valence-electron chi connectivity index (χ0n) is 13.0. The second-order valence-electron chi connectivity index (χ2n) is 5.81. The number of benzene rings is 1. The van der Waals surface area contributed by atoms with Crippen LogP contribution in [0, 0.1) is 0 Å². The monoisotopic (exact) mass is 332 g/mol. The van der Waals surface area contributed by atoms with Crippen LogP contribution in [0.4, 0.5) is 5.13 Å². The van der Waals surface area contributed by atoms with Gasteiger partial charge < -0.3 is 5.11 Å². The first kappa shape index (κ1) is 15.9. The van der Waals surface area contributed by atoms with Crippen molar-refractivity contribution in [1.82, 2.24) is 15.1 Å². The summed E-state index contributed by atoms with van der Waals surface area (Å²) in [5, 5.41) is 20.5. The number of amides is 1. The van der Waals surface area contributed by atoms with Crippen LogP contribution in [-0.4, -0.2) is 45.2 Å². The van der Waals surface area contributed by atoms with Crippen LogP contribution in [-0.2, 0) is 4.79 Å². The molecule has 1 aliphatic rings. The summed E-state index contributed by atoms with van der Waals surface area (Å²) in [6, 6.07) is 7.29. The summed E-state index contributed by atoms with van der Waals surface area (Å²) in [5.74, 6) is 0.712. The first-order valence-corrected chi connectivity index (χ1v) is 8.61. The van der Waals surface area contributed by atoms with Crippen LogP contribution in [0.15, 0.2) is 29.8 Å². The number of carbonyl (C=O) groups excluding carboxylic acids is 1. The Bertz CT molecular complexity index is 654. The van der Waals surface area contributed by atoms with E-state index >= 15 is 0 Å². The molecule has 7 heteroatoms. The fraction of sp³-hybridized carbons (Fsp3) is 0.438. The molecule has 1 fully saturated rings. The minimum Gasteiger partial charge on any atom is -0.508 e. The van der Waals surface area contributed by atoms with E-state index in [1.165, 1.54) is 16.9 Å². The van der Waals surface area contributed by atoms with Crippen molar-refractivity contribution >= 4 is 22.4 Å². The summed E-state index contributed by atoms with van der Waals surface area (Å²) >= 11 is 1.32. The van der Waals surface area contributed by atoms with Crippen molar-refractivity contribution in [3.05, 3.63) is 35.3 Å². The number of piperidine rings is 1. The van der Waals surface area contributed by atoms with Gasteiger partial charge in [-0.15, -0.1) is 10.2 Å². The van der Waals surface area contributed by atoms with Crippen LogP contribution in [0.3, 0.4) is 0 Å². The first-order chi connectivity index (χ1) is 11.1. The van der Waals surface area contributed by atoms with E-state index in [1.807, 2.05) is 19.1 Å². The van der Waals surface area contributed by atoms with E-state index in [1.54, 1.807) is 11.6 Å². The van der Waals surface area contributed by atoms with Crippen molar-refractivity contribution in [3.8, 4) is 5.75 Å². The van der Waals surface area contributed by atoms with Crippen LogP contribution in [0.2, 0.25) is 0 Å². The zero-order chi connectivity index (χ0) is 16.2. The molecule has 3 rings (SSSR count). The topological polar surface area (TPSA) is 78.4 Å². The Kier molecular flexibility index (Phi) is 4.88. The lowest BCUT2D eigenvalue weighted by Gasteiger charge is -2.35. The molecule has 0 bridgehead atoms. The molecule has 0 saturated carbocycles. The van der Waals surface area contributed by atoms with Crippen molar-refractivity contribution in [1.29, 1.82) is 0 Å². The molecule has 2 aromatic rings. The molecule has 1 saturated heterocycles. The molecule has 2 heterocycles. The van der Waals surface area contributed by atoms with Crippen LogP contribution in [0.5, 0.6) is 5.75 Å². The van der Waals surface area contributed by atoms with E-state index in [0.29, 0.717) is 16.8 Å². The van der Waals surface area contributed by atoms with Gasteiger partial charge in [0.25, 0.3) is 0 Å². The molecule has 0 radical (unpaired) electrons. The number of phenolic OH excluding ortho intramolecular Hbond substituents is 1. The zero-order valence-corrected chi connectivity index (χ0v) is 13.8. The molecule has 1 aromatic carbocycles. The van der Waals surface area contributed by atoms with Crippen molar-refractivity contribution < 1.29 is 9.90 Å². The van der Waals surface area contributed by atoms with E-state index in [4.69, 9.17) is 0 Å².